The first-order valence-corrected chi connectivity index (χ1v) is 12.5. The van der Waals surface area contributed by atoms with E-state index >= 15 is 0 Å². The van der Waals surface area contributed by atoms with Crippen molar-refractivity contribution in [2.45, 2.75) is 26.2 Å². The maximum atomic E-state index is 12.9. The summed E-state index contributed by atoms with van der Waals surface area (Å²) in [6, 6.07) is 19.6. The molecule has 3 aromatic carbocycles. The summed E-state index contributed by atoms with van der Waals surface area (Å²) in [5, 5.41) is 15.6. The molecule has 1 atom stereocenters. The number of anilines is 2. The molecule has 0 aliphatic rings. The molecule has 0 aliphatic heterocycles. The van der Waals surface area contributed by atoms with Gasteiger partial charge in [-0.25, -0.2) is 4.98 Å². The molecule has 0 fully saturated rings. The average molecular weight is 523 g/mol. The van der Waals surface area contributed by atoms with Gasteiger partial charge in [-0.1, -0.05) is 31.2 Å². The fourth-order valence-electron chi connectivity index (χ4n) is 4.11. The summed E-state index contributed by atoms with van der Waals surface area (Å²) in [5.41, 5.74) is 4.98. The quantitative estimate of drug-likeness (QED) is 0.233. The fourth-order valence-corrected chi connectivity index (χ4v) is 4.11. The van der Waals surface area contributed by atoms with E-state index in [-0.39, 0.29) is 23.5 Å². The highest BCUT2D eigenvalue weighted by Gasteiger charge is 2.13. The van der Waals surface area contributed by atoms with Crippen molar-refractivity contribution in [3.8, 4) is 22.8 Å². The minimum atomic E-state index is -0.273. The molecule has 1 heterocycles. The maximum absolute atomic E-state index is 12.9. The van der Waals surface area contributed by atoms with Crippen LogP contribution in [0.1, 0.15) is 41.4 Å². The lowest BCUT2D eigenvalue weighted by Crippen LogP contribution is -2.13. The summed E-state index contributed by atoms with van der Waals surface area (Å²) in [6.45, 7) is 3.86. The smallest absolute Gasteiger partial charge is 0.255 e. The van der Waals surface area contributed by atoms with Gasteiger partial charge >= 0.3 is 0 Å². The van der Waals surface area contributed by atoms with Crippen LogP contribution in [-0.2, 0) is 11.2 Å². The number of carbonyl (C=O) groups is 2. The van der Waals surface area contributed by atoms with Gasteiger partial charge in [0.25, 0.3) is 5.91 Å². The van der Waals surface area contributed by atoms with E-state index in [9.17, 15) is 14.7 Å². The van der Waals surface area contributed by atoms with E-state index in [4.69, 9.17) is 9.72 Å². The van der Waals surface area contributed by atoms with Crippen LogP contribution in [-0.4, -0.2) is 34.0 Å². The molecule has 4 aromatic rings. The van der Waals surface area contributed by atoms with E-state index in [1.807, 2.05) is 24.3 Å². The Morgan fingerprint density at radius 1 is 1.00 bits per heavy atom. The van der Waals surface area contributed by atoms with Crippen molar-refractivity contribution in [1.82, 2.24) is 9.97 Å². The van der Waals surface area contributed by atoms with Crippen molar-refractivity contribution in [3.05, 3.63) is 108 Å². The molecule has 1 aromatic heterocycles. The molecule has 198 valence electrons. The molecule has 0 saturated carbocycles. The Kier molecular flexibility index (Phi) is 8.68. The summed E-state index contributed by atoms with van der Waals surface area (Å²) in [5.74, 6) is 0.0115. The number of ether oxygens (including phenoxy) is 1. The number of hydrogen-bond acceptors (Lipinski definition) is 6. The van der Waals surface area contributed by atoms with Gasteiger partial charge in [-0.2, -0.15) is 0 Å². The molecule has 0 radical (unpaired) electrons. The van der Waals surface area contributed by atoms with E-state index in [1.165, 1.54) is 13.2 Å². The number of methoxy groups -OCH3 is 1. The van der Waals surface area contributed by atoms with Crippen molar-refractivity contribution in [1.29, 1.82) is 0 Å². The maximum Gasteiger partial charge on any atom is 0.255 e. The van der Waals surface area contributed by atoms with Crippen molar-refractivity contribution < 1.29 is 19.4 Å². The molecular weight excluding hydrogens is 492 g/mol. The van der Waals surface area contributed by atoms with Crippen LogP contribution in [0.25, 0.3) is 11.3 Å². The first-order chi connectivity index (χ1) is 18.9. The van der Waals surface area contributed by atoms with Gasteiger partial charge in [-0.15, -0.1) is 0 Å². The van der Waals surface area contributed by atoms with Gasteiger partial charge in [0.05, 0.1) is 24.7 Å². The van der Waals surface area contributed by atoms with E-state index in [0.29, 0.717) is 34.8 Å². The lowest BCUT2D eigenvalue weighted by molar-refractivity contribution is -0.111. The Morgan fingerprint density at radius 2 is 1.77 bits per heavy atom. The molecule has 8 heteroatoms. The molecular formula is C31H30N4O4. The largest absolute Gasteiger partial charge is 0.504 e. The standard InChI is InChI=1S/C31H30N4O4/c1-4-7-30(37)34-24-10-6-9-23(16-24)31(38)35-25-11-5-8-21(15-25)20(2)14-26-18-32-19-27(33-26)22-12-13-28(36)29(17-22)39-3/h4-13,15-20,36H,14H2,1-3H3,(H,34,37)(H,35,38)/b7-4+/t20-/m1/s1. The lowest BCUT2D eigenvalue weighted by Gasteiger charge is -2.14. The van der Waals surface area contributed by atoms with Crippen molar-refractivity contribution in [2.75, 3.05) is 17.7 Å². The summed E-state index contributed by atoms with van der Waals surface area (Å²) >= 11 is 0. The summed E-state index contributed by atoms with van der Waals surface area (Å²) in [4.78, 5) is 33.9. The van der Waals surface area contributed by atoms with Crippen LogP contribution in [0.4, 0.5) is 11.4 Å². The second-order valence-electron chi connectivity index (χ2n) is 9.04. The molecule has 0 bridgehead atoms. The van der Waals surface area contributed by atoms with Gasteiger partial charge in [-0.3, -0.25) is 14.6 Å². The number of aromatic nitrogens is 2. The number of hydrogen-bond donors (Lipinski definition) is 3. The SMILES string of the molecule is C/C=C/C(=O)Nc1cccc(C(=O)Nc2cccc([C@H](C)Cc3cncc(-c4ccc(O)c(OC)c4)n3)c2)c1. The summed E-state index contributed by atoms with van der Waals surface area (Å²) in [7, 11) is 1.50. The number of rotatable bonds is 9. The number of carbonyl (C=O) groups excluding carboxylic acids is 2. The Hall–Kier alpha value is -4.98. The minimum absolute atomic E-state index is 0.0647. The van der Waals surface area contributed by atoms with Gasteiger partial charge in [0.1, 0.15) is 0 Å². The van der Waals surface area contributed by atoms with Crippen LogP contribution in [0, 0.1) is 0 Å². The molecule has 3 N–H and O–H groups in total. The van der Waals surface area contributed by atoms with Gasteiger partial charge in [0, 0.05) is 28.7 Å². The number of phenolic OH excluding ortho intramolecular Hbond substituents is 1. The first-order valence-electron chi connectivity index (χ1n) is 12.5. The predicted molar refractivity (Wildman–Crippen MR) is 152 cm³/mol. The third-order valence-electron chi connectivity index (χ3n) is 6.10. The number of amides is 2. The number of aromatic hydroxyl groups is 1. The summed E-state index contributed by atoms with van der Waals surface area (Å²) < 4.78 is 5.21. The molecule has 4 rings (SSSR count). The molecule has 8 nitrogen and oxygen atoms in total. The second kappa shape index (κ2) is 12.5. The molecule has 0 spiro atoms. The third-order valence-corrected chi connectivity index (χ3v) is 6.10. The molecule has 0 saturated heterocycles. The Morgan fingerprint density at radius 3 is 2.54 bits per heavy atom. The number of nitrogens with one attached hydrogen (secondary N) is 2. The van der Waals surface area contributed by atoms with E-state index in [1.54, 1.807) is 67.9 Å². The highest BCUT2D eigenvalue weighted by atomic mass is 16.5. The van der Waals surface area contributed by atoms with Gasteiger partial charge in [0.2, 0.25) is 5.91 Å². The second-order valence-corrected chi connectivity index (χ2v) is 9.04. The molecule has 39 heavy (non-hydrogen) atoms. The van der Waals surface area contributed by atoms with Crippen LogP contribution < -0.4 is 15.4 Å². The minimum Gasteiger partial charge on any atom is -0.504 e. The van der Waals surface area contributed by atoms with Gasteiger partial charge in [-0.05, 0) is 79.4 Å². The fraction of sp³-hybridized carbons (Fsp3) is 0.161. The van der Waals surface area contributed by atoms with Crippen LogP contribution >= 0.6 is 0 Å². The van der Waals surface area contributed by atoms with Crippen LogP contribution in [0.5, 0.6) is 11.5 Å². The van der Waals surface area contributed by atoms with E-state index < -0.39 is 0 Å². The zero-order valence-electron chi connectivity index (χ0n) is 22.0. The van der Waals surface area contributed by atoms with E-state index in [0.717, 1.165) is 16.8 Å². The number of nitrogens with zero attached hydrogens (tertiary/aromatic N) is 2. The van der Waals surface area contributed by atoms with Crippen molar-refractivity contribution in [2.24, 2.45) is 0 Å². The van der Waals surface area contributed by atoms with Gasteiger partial charge < -0.3 is 20.5 Å². The van der Waals surface area contributed by atoms with Crippen molar-refractivity contribution >= 4 is 23.2 Å². The normalized spacial score (nSPS) is 11.7. The van der Waals surface area contributed by atoms with Crippen molar-refractivity contribution in [3.63, 3.8) is 0 Å². The molecule has 0 unspecified atom stereocenters. The monoisotopic (exact) mass is 522 g/mol. The average Bonchev–Trinajstić information content (AvgIpc) is 2.94. The Balaban J connectivity index is 1.45. The Bertz CT molecular complexity index is 1520. The van der Waals surface area contributed by atoms with Crippen LogP contribution in [0.3, 0.4) is 0 Å². The molecule has 0 aliphatic carbocycles. The highest BCUT2D eigenvalue weighted by Crippen LogP contribution is 2.31. The topological polar surface area (TPSA) is 113 Å². The Labute approximate surface area is 227 Å². The highest BCUT2D eigenvalue weighted by molar-refractivity contribution is 6.06. The zero-order valence-corrected chi connectivity index (χ0v) is 22.0. The van der Waals surface area contributed by atoms with Crippen LogP contribution in [0.15, 0.2) is 91.3 Å². The molecule has 2 amide bonds. The lowest BCUT2D eigenvalue weighted by atomic mass is 9.95. The summed E-state index contributed by atoms with van der Waals surface area (Å²) in [6.07, 6.45) is 7.13. The van der Waals surface area contributed by atoms with Crippen LogP contribution in [0.2, 0.25) is 0 Å². The third kappa shape index (κ3) is 7.07. The predicted octanol–water partition coefficient (Wildman–Crippen LogP) is 5.97. The first kappa shape index (κ1) is 27.1. The van der Waals surface area contributed by atoms with E-state index in [2.05, 4.69) is 22.5 Å². The number of benzene rings is 3. The van der Waals surface area contributed by atoms with Gasteiger partial charge in [0.15, 0.2) is 11.5 Å². The number of allylic oxidation sites excluding steroid dienone is 1. The number of phenols is 1. The zero-order chi connectivity index (χ0) is 27.8.